The van der Waals surface area contributed by atoms with Crippen LogP contribution in [0.5, 0.6) is 0 Å². The molecule has 0 spiro atoms. The Morgan fingerprint density at radius 2 is 1.81 bits per heavy atom. The van der Waals surface area contributed by atoms with Gasteiger partial charge in [0.05, 0.1) is 0 Å². The molecule has 4 nitrogen and oxygen atoms in total. The minimum atomic E-state index is -0.375. The van der Waals surface area contributed by atoms with Crippen LogP contribution in [0, 0.1) is 0 Å². The van der Waals surface area contributed by atoms with E-state index in [0.717, 1.165) is 23.2 Å². The average molecular weight is 402 g/mol. The number of nitrogens with one attached hydrogen (secondary N) is 1. The maximum absolute atomic E-state index is 12.5. The van der Waals surface area contributed by atoms with Gasteiger partial charge in [-0.1, -0.05) is 51.9 Å². The first-order chi connectivity index (χ1) is 12.9. The van der Waals surface area contributed by atoms with E-state index in [2.05, 4.69) is 54.5 Å². The minimum Gasteiger partial charge on any atom is -0.369 e. The number of nitrogens with zero attached hydrogens (tertiary/aromatic N) is 1. The van der Waals surface area contributed by atoms with E-state index in [1.54, 1.807) is 0 Å². The fraction of sp³-hybridized carbons (Fsp3) is 0.381. The fourth-order valence-corrected chi connectivity index (χ4v) is 4.12. The van der Waals surface area contributed by atoms with Crippen molar-refractivity contribution in [2.24, 2.45) is 0 Å². The molecule has 0 bridgehead atoms. The molecule has 2 aromatic carbocycles. The van der Waals surface area contributed by atoms with Crippen LogP contribution in [0.25, 0.3) is 0 Å². The Morgan fingerprint density at radius 3 is 2.44 bits per heavy atom. The van der Waals surface area contributed by atoms with Crippen molar-refractivity contribution in [3.05, 3.63) is 65.7 Å². The molecule has 3 rings (SSSR count). The van der Waals surface area contributed by atoms with Crippen molar-refractivity contribution in [2.75, 3.05) is 5.09 Å². The second kappa shape index (κ2) is 8.80. The van der Waals surface area contributed by atoms with Crippen LogP contribution in [0.4, 0.5) is 5.69 Å². The second-order valence-electron chi connectivity index (χ2n) is 7.47. The molecule has 1 fully saturated rings. The molecule has 0 amide bonds. The molecular formula is C21H28N2O2P2. The van der Waals surface area contributed by atoms with Gasteiger partial charge in [-0.05, 0) is 52.9 Å². The molecule has 4 atom stereocenters. The molecule has 1 heterocycles. The summed E-state index contributed by atoms with van der Waals surface area (Å²) in [6.45, 7) is 4.14. The first-order valence-corrected chi connectivity index (χ1v) is 10.3. The first-order valence-electron chi connectivity index (χ1n) is 9.25. The molecule has 6 heteroatoms. The number of hydrogen-bond donors (Lipinski definition) is 1. The Labute approximate surface area is 166 Å². The summed E-state index contributed by atoms with van der Waals surface area (Å²) >= 11 is 0. The van der Waals surface area contributed by atoms with Gasteiger partial charge in [0.25, 0.3) is 0 Å². The van der Waals surface area contributed by atoms with E-state index < -0.39 is 0 Å². The molecule has 27 heavy (non-hydrogen) atoms. The van der Waals surface area contributed by atoms with E-state index >= 15 is 0 Å². The number of ether oxygens (including phenoxy) is 1. The lowest BCUT2D eigenvalue weighted by atomic mass is 9.96. The van der Waals surface area contributed by atoms with Crippen LogP contribution < -0.4 is 5.09 Å². The SMILES string of the molecule is CC1(C)O[C@H](c2ccccc2)[C@@H](CCC(=O)Cc2ccc(NP)cc2)N1P. The molecule has 2 unspecified atom stereocenters. The molecule has 0 saturated carbocycles. The summed E-state index contributed by atoms with van der Waals surface area (Å²) in [5, 5.41) is 3.01. The summed E-state index contributed by atoms with van der Waals surface area (Å²) < 4.78 is 8.50. The van der Waals surface area contributed by atoms with Crippen molar-refractivity contribution in [3.8, 4) is 0 Å². The van der Waals surface area contributed by atoms with E-state index in [1.807, 2.05) is 42.5 Å². The lowest BCUT2D eigenvalue weighted by Gasteiger charge is -2.29. The van der Waals surface area contributed by atoms with Crippen molar-refractivity contribution in [1.82, 2.24) is 4.67 Å². The summed E-state index contributed by atoms with van der Waals surface area (Å²) in [7, 11) is 5.27. The molecule has 2 aromatic rings. The fourth-order valence-electron chi connectivity index (χ4n) is 3.56. The zero-order chi connectivity index (χ0) is 19.4. The van der Waals surface area contributed by atoms with E-state index in [4.69, 9.17) is 4.74 Å². The second-order valence-corrected chi connectivity index (χ2v) is 8.31. The largest absolute Gasteiger partial charge is 0.369 e. The van der Waals surface area contributed by atoms with Gasteiger partial charge in [0.2, 0.25) is 0 Å². The lowest BCUT2D eigenvalue weighted by molar-refractivity contribution is -0.118. The topological polar surface area (TPSA) is 41.6 Å². The van der Waals surface area contributed by atoms with E-state index in [-0.39, 0.29) is 23.7 Å². The summed E-state index contributed by atoms with van der Waals surface area (Å²) in [6.07, 6.45) is 1.76. The van der Waals surface area contributed by atoms with Gasteiger partial charge in [-0.2, -0.15) is 0 Å². The number of rotatable bonds is 7. The maximum Gasteiger partial charge on any atom is 0.137 e. The molecule has 0 aliphatic carbocycles. The number of benzene rings is 2. The predicted molar refractivity (Wildman–Crippen MR) is 117 cm³/mol. The Balaban J connectivity index is 1.64. The monoisotopic (exact) mass is 402 g/mol. The van der Waals surface area contributed by atoms with Crippen LogP contribution in [0.15, 0.2) is 54.6 Å². The van der Waals surface area contributed by atoms with Crippen LogP contribution in [0.3, 0.4) is 0 Å². The van der Waals surface area contributed by atoms with Crippen molar-refractivity contribution in [3.63, 3.8) is 0 Å². The van der Waals surface area contributed by atoms with Crippen molar-refractivity contribution in [1.29, 1.82) is 0 Å². The smallest absolute Gasteiger partial charge is 0.137 e. The van der Waals surface area contributed by atoms with Gasteiger partial charge in [0.1, 0.15) is 17.6 Å². The maximum atomic E-state index is 12.5. The Kier molecular flexibility index (Phi) is 6.65. The van der Waals surface area contributed by atoms with Gasteiger partial charge in [0.15, 0.2) is 0 Å². The van der Waals surface area contributed by atoms with Crippen LogP contribution >= 0.6 is 18.8 Å². The van der Waals surface area contributed by atoms with Crippen LogP contribution in [-0.4, -0.2) is 22.2 Å². The average Bonchev–Trinajstić information content (AvgIpc) is 2.91. The highest BCUT2D eigenvalue weighted by molar-refractivity contribution is 7.18. The molecule has 1 N–H and O–H groups in total. The van der Waals surface area contributed by atoms with Gasteiger partial charge in [-0.25, -0.2) is 0 Å². The lowest BCUT2D eigenvalue weighted by Crippen LogP contribution is -2.36. The van der Waals surface area contributed by atoms with Crippen molar-refractivity contribution < 1.29 is 9.53 Å². The zero-order valence-electron chi connectivity index (χ0n) is 15.9. The number of carbonyl (C=O) groups excluding carboxylic acids is 1. The third-order valence-corrected chi connectivity index (χ3v) is 6.45. The molecule has 1 aliphatic rings. The highest BCUT2D eigenvalue weighted by Gasteiger charge is 2.45. The summed E-state index contributed by atoms with van der Waals surface area (Å²) in [5.41, 5.74) is 2.86. The van der Waals surface area contributed by atoms with Gasteiger partial charge < -0.3 is 9.82 Å². The molecular weight excluding hydrogens is 374 g/mol. The van der Waals surface area contributed by atoms with Gasteiger partial charge in [-0.3, -0.25) is 9.46 Å². The van der Waals surface area contributed by atoms with E-state index in [1.165, 1.54) is 0 Å². The van der Waals surface area contributed by atoms with E-state index in [0.29, 0.717) is 12.8 Å². The zero-order valence-corrected chi connectivity index (χ0v) is 18.2. The first kappa shape index (κ1) is 20.4. The number of ketones is 1. The van der Waals surface area contributed by atoms with Gasteiger partial charge >= 0.3 is 0 Å². The van der Waals surface area contributed by atoms with Gasteiger partial charge in [0, 0.05) is 24.6 Å². The highest BCUT2D eigenvalue weighted by Crippen LogP contribution is 2.44. The Hall–Kier alpha value is -1.31. The van der Waals surface area contributed by atoms with Crippen molar-refractivity contribution in [2.45, 2.75) is 51.0 Å². The minimum absolute atomic E-state index is 0.0288. The van der Waals surface area contributed by atoms with Crippen LogP contribution in [0.2, 0.25) is 0 Å². The molecule has 144 valence electrons. The molecule has 0 radical (unpaired) electrons. The Morgan fingerprint density at radius 1 is 1.15 bits per heavy atom. The predicted octanol–water partition coefficient (Wildman–Crippen LogP) is 4.75. The normalized spacial score (nSPS) is 21.9. The highest BCUT2D eigenvalue weighted by atomic mass is 31.0. The van der Waals surface area contributed by atoms with E-state index in [9.17, 15) is 4.79 Å². The summed E-state index contributed by atoms with van der Waals surface area (Å²) in [5.74, 6) is 0.261. The standard InChI is InChI=1S/C21H28N2O2P2/c1-21(2)23(27)19(20(25-21)16-6-4-3-5-7-16)13-12-18(24)14-15-8-10-17(22-26)11-9-15/h3-11,19-20,22H,12-14,26-27H2,1-2H3/t19-,20-/m1/s1. The molecule has 1 aliphatic heterocycles. The van der Waals surface area contributed by atoms with Gasteiger partial charge in [-0.15, -0.1) is 0 Å². The quantitative estimate of drug-likeness (QED) is 0.679. The van der Waals surface area contributed by atoms with Crippen LogP contribution in [-0.2, 0) is 16.0 Å². The number of Topliss-reactive ketones (excluding diaryl/α,β-unsaturated/α-hetero) is 1. The number of hydrogen-bond acceptors (Lipinski definition) is 4. The molecule has 1 saturated heterocycles. The third-order valence-electron chi connectivity index (χ3n) is 5.11. The third kappa shape index (κ3) is 4.95. The van der Waals surface area contributed by atoms with Crippen molar-refractivity contribution >= 4 is 30.3 Å². The van der Waals surface area contributed by atoms with Crippen LogP contribution in [0.1, 0.15) is 43.9 Å². The summed E-state index contributed by atoms with van der Waals surface area (Å²) in [4.78, 5) is 12.5. The Bertz CT molecular complexity index is 766. The number of carbonyl (C=O) groups is 1. The summed E-state index contributed by atoms with van der Waals surface area (Å²) in [6, 6.07) is 18.4. The molecule has 0 aromatic heterocycles. The number of anilines is 1.